The minimum Gasteiger partial charge on any atom is -0.468 e. The maximum atomic E-state index is 5.56. The second-order valence-corrected chi connectivity index (χ2v) is 7.11. The maximum Gasteiger partial charge on any atom is 0.181 e. The summed E-state index contributed by atoms with van der Waals surface area (Å²) in [4.78, 5) is 0. The van der Waals surface area contributed by atoms with Crippen LogP contribution in [0.15, 0.2) is 14.5 Å². The van der Waals surface area contributed by atoms with E-state index in [2.05, 4.69) is 113 Å². The van der Waals surface area contributed by atoms with E-state index < -0.39 is 0 Å². The second kappa shape index (κ2) is 5.14. The molecule has 1 rings (SSSR count). The van der Waals surface area contributed by atoms with Crippen LogP contribution < -0.4 is 0 Å². The molecule has 6 heteroatoms. The van der Waals surface area contributed by atoms with E-state index >= 15 is 0 Å². The Hall–Kier alpha value is 2.93. The average molecular weight is 712 g/mol. The zero-order chi connectivity index (χ0) is 8.59. The Morgan fingerprint density at radius 1 is 1.00 bits per heavy atom. The predicted molar refractivity (Wildman–Crippen MR) is 89.0 cm³/mol. The first-order chi connectivity index (χ1) is 5.04. The summed E-state index contributed by atoms with van der Waals surface area (Å²) in [6, 6.07) is 0. The van der Waals surface area contributed by atoms with Crippen LogP contribution in [0.5, 0.6) is 0 Å². The van der Waals surface area contributed by atoms with Crippen molar-refractivity contribution in [3.05, 3.63) is 14.5 Å². The molecule has 1 nitrogen and oxygen atoms in total. The molecule has 0 bridgehead atoms. The van der Waals surface area contributed by atoms with Crippen molar-refractivity contribution in [2.75, 3.05) is 0 Å². The highest BCUT2D eigenvalue weighted by atomic mass is 127. The van der Waals surface area contributed by atoms with Crippen LogP contribution in [0.25, 0.3) is 0 Å². The van der Waals surface area contributed by atoms with Crippen LogP contribution >= 0.6 is 113 Å². The molecule has 62 valence electrons. The first kappa shape index (κ1) is 12.0. The Morgan fingerprint density at radius 3 is 2.09 bits per heavy atom. The molecule has 0 amide bonds. The summed E-state index contributed by atoms with van der Waals surface area (Å²) in [5.41, 5.74) is 0. The van der Waals surface area contributed by atoms with Crippen LogP contribution in [0, 0.1) is 0 Å². The largest absolute Gasteiger partial charge is 0.468 e. The minimum atomic E-state index is 0.200. The van der Waals surface area contributed by atoms with Crippen molar-refractivity contribution < 1.29 is 4.74 Å². The van der Waals surface area contributed by atoms with Gasteiger partial charge in [0, 0.05) is 26.2 Å². The molecule has 1 atom stereocenters. The van der Waals surface area contributed by atoms with Gasteiger partial charge in [-0.3, -0.25) is 0 Å². The Kier molecular flexibility index (Phi) is 5.60. The van der Waals surface area contributed by atoms with E-state index in [0.29, 0.717) is 0 Å². The van der Waals surface area contributed by atoms with E-state index in [9.17, 15) is 0 Å². The first-order valence-electron chi connectivity index (χ1n) is 2.45. The van der Waals surface area contributed by atoms with Gasteiger partial charge in [0.25, 0.3) is 0 Å². The van der Waals surface area contributed by atoms with Crippen molar-refractivity contribution in [1.82, 2.24) is 0 Å². The molecule has 0 spiro atoms. The van der Waals surface area contributed by atoms with Gasteiger partial charge in [0.05, 0.1) is 7.16 Å². The van der Waals surface area contributed by atoms with Crippen LogP contribution in [0.4, 0.5) is 0 Å². The fraction of sp³-hybridized carbons (Fsp3) is 0.200. The van der Waals surface area contributed by atoms with Crippen LogP contribution in [0.1, 0.15) is 0 Å². The second-order valence-electron chi connectivity index (χ2n) is 1.68. The van der Waals surface area contributed by atoms with Gasteiger partial charge in [0.2, 0.25) is 0 Å². The number of allylic oxidation sites excluding steroid dienone is 2. The summed E-state index contributed by atoms with van der Waals surface area (Å²) in [6.45, 7) is 0. The van der Waals surface area contributed by atoms with E-state index in [0.717, 1.165) is 3.77 Å². The molecule has 0 fully saturated rings. The molecule has 1 aliphatic rings. The van der Waals surface area contributed by atoms with Crippen LogP contribution in [0.2, 0.25) is 0 Å². The average Bonchev–Trinajstić information content (AvgIpc) is 1.97. The Balaban J connectivity index is 3.07. The Labute approximate surface area is 133 Å². The Bertz CT molecular complexity index is 243. The van der Waals surface area contributed by atoms with Crippen molar-refractivity contribution in [3.8, 4) is 0 Å². The van der Waals surface area contributed by atoms with Crippen molar-refractivity contribution in [1.29, 1.82) is 0 Å². The summed E-state index contributed by atoms with van der Waals surface area (Å²) in [7, 11) is 0. The third-order valence-electron chi connectivity index (χ3n) is 0.981. The third-order valence-corrected chi connectivity index (χ3v) is 10.2. The van der Waals surface area contributed by atoms with Gasteiger partial charge in [-0.25, -0.2) is 0 Å². The van der Waals surface area contributed by atoms with E-state index in [4.69, 9.17) is 4.74 Å². The molecule has 1 aliphatic heterocycles. The summed E-state index contributed by atoms with van der Waals surface area (Å²) in [6.07, 6.45) is 0. The Morgan fingerprint density at radius 2 is 1.55 bits per heavy atom. The van der Waals surface area contributed by atoms with Crippen molar-refractivity contribution >= 4 is 113 Å². The van der Waals surface area contributed by atoms with Gasteiger partial charge < -0.3 is 4.74 Å². The molecule has 0 saturated carbocycles. The van der Waals surface area contributed by atoms with Crippen molar-refractivity contribution in [3.63, 3.8) is 0 Å². The maximum absolute atomic E-state index is 5.56. The molecule has 0 aromatic carbocycles. The molecule has 1 unspecified atom stereocenters. The number of alkyl halides is 1. The molecular weight excluding hydrogens is 711 g/mol. The number of ether oxygens (including phenoxy) is 1. The molecule has 0 saturated heterocycles. The summed E-state index contributed by atoms with van der Waals surface area (Å²) < 4.78 is 10.6. The molecule has 0 aromatic rings. The quantitative estimate of drug-likeness (QED) is 0.257. The number of hydrogen-bond donors (Lipinski definition) is 0. The molecule has 0 N–H and O–H groups in total. The summed E-state index contributed by atoms with van der Waals surface area (Å²) >= 11 is 11.5. The number of rotatable bonds is 0. The van der Waals surface area contributed by atoms with Crippen LogP contribution in [-0.2, 0) is 4.74 Å². The fourth-order valence-electron chi connectivity index (χ4n) is 0.485. The molecule has 1 heterocycles. The lowest BCUT2D eigenvalue weighted by atomic mass is 10.4. The van der Waals surface area contributed by atoms with Gasteiger partial charge in [-0.05, 0) is 90.4 Å². The molecule has 0 aromatic heterocycles. The third kappa shape index (κ3) is 2.94. The lowest BCUT2D eigenvalue weighted by Gasteiger charge is -2.20. The highest BCUT2D eigenvalue weighted by Gasteiger charge is 2.23. The summed E-state index contributed by atoms with van der Waals surface area (Å²) in [5.74, 6) is 0. The monoisotopic (exact) mass is 712 g/mol. The lowest BCUT2D eigenvalue weighted by Crippen LogP contribution is -2.08. The molecule has 0 radical (unpaired) electrons. The van der Waals surface area contributed by atoms with Gasteiger partial charge in [0.1, 0.15) is 0 Å². The first-order valence-corrected chi connectivity index (χ1v) is 8.01. The SMILES string of the molecule is IC1=C(I)C(I)=C(I)C(I)O1. The molecule has 0 aliphatic carbocycles. The highest BCUT2D eigenvalue weighted by Crippen LogP contribution is 2.43. The molecule has 11 heavy (non-hydrogen) atoms. The van der Waals surface area contributed by atoms with Crippen LogP contribution in [0.3, 0.4) is 0 Å². The van der Waals surface area contributed by atoms with Crippen molar-refractivity contribution in [2.24, 2.45) is 0 Å². The van der Waals surface area contributed by atoms with Gasteiger partial charge >= 0.3 is 0 Å². The van der Waals surface area contributed by atoms with E-state index in [-0.39, 0.29) is 4.11 Å². The lowest BCUT2D eigenvalue weighted by molar-refractivity contribution is 0.262. The van der Waals surface area contributed by atoms with Gasteiger partial charge in [-0.1, -0.05) is 0 Å². The van der Waals surface area contributed by atoms with Crippen LogP contribution in [-0.4, -0.2) is 4.11 Å². The van der Waals surface area contributed by atoms with E-state index in [1.807, 2.05) is 0 Å². The van der Waals surface area contributed by atoms with E-state index in [1.54, 1.807) is 0 Å². The van der Waals surface area contributed by atoms with Gasteiger partial charge in [-0.15, -0.1) is 0 Å². The molecular formula is C5HI5O. The summed E-state index contributed by atoms with van der Waals surface area (Å²) in [5, 5.41) is 0. The zero-order valence-electron chi connectivity index (χ0n) is 4.88. The van der Waals surface area contributed by atoms with Crippen molar-refractivity contribution in [2.45, 2.75) is 4.11 Å². The standard InChI is InChI=1S/C5HI5O/c6-1-2(7)4(9)11-5(10)3(1)8/h4H. The normalized spacial score (nSPS) is 25.7. The number of hydrogen-bond acceptors (Lipinski definition) is 1. The highest BCUT2D eigenvalue weighted by molar-refractivity contribution is 14.1. The smallest absolute Gasteiger partial charge is 0.181 e. The van der Waals surface area contributed by atoms with Gasteiger partial charge in [-0.2, -0.15) is 0 Å². The zero-order valence-corrected chi connectivity index (χ0v) is 15.7. The number of halogens is 5. The van der Waals surface area contributed by atoms with E-state index in [1.165, 1.54) is 10.7 Å². The minimum absolute atomic E-state index is 0.200. The predicted octanol–water partition coefficient (Wildman–Crippen LogP) is 4.90. The topological polar surface area (TPSA) is 9.23 Å². The fourth-order valence-corrected chi connectivity index (χ4v) is 5.03. The van der Waals surface area contributed by atoms with Gasteiger partial charge in [0.15, 0.2) is 7.88 Å².